The maximum absolute atomic E-state index is 6.47. The van der Waals surface area contributed by atoms with E-state index in [0.717, 1.165) is 72.0 Å². The lowest BCUT2D eigenvalue weighted by Crippen LogP contribution is -2.00. The fourth-order valence-electron chi connectivity index (χ4n) is 7.74. The van der Waals surface area contributed by atoms with Crippen LogP contribution in [0.5, 0.6) is 0 Å². The normalized spacial score (nSPS) is 11.6. The Morgan fingerprint density at radius 2 is 0.893 bits per heavy atom. The third-order valence-corrected chi connectivity index (χ3v) is 11.7. The first kappa shape index (κ1) is 32.2. The number of fused-ring (bicyclic) bond motifs is 6. The van der Waals surface area contributed by atoms with Gasteiger partial charge in [-0.05, 0) is 70.3 Å². The van der Waals surface area contributed by atoms with Gasteiger partial charge in [-0.15, -0.1) is 11.3 Å². The van der Waals surface area contributed by atoms with Crippen LogP contribution in [-0.4, -0.2) is 15.0 Å². The van der Waals surface area contributed by atoms with Crippen LogP contribution in [0.25, 0.3) is 110 Å². The molecule has 0 saturated heterocycles. The second-order valence-corrected chi connectivity index (χ2v) is 15.1. The van der Waals surface area contributed by atoms with E-state index in [4.69, 9.17) is 19.4 Å². The molecule has 0 aliphatic rings. The van der Waals surface area contributed by atoms with Gasteiger partial charge in [0.15, 0.2) is 17.5 Å². The molecule has 0 amide bonds. The highest BCUT2D eigenvalue weighted by molar-refractivity contribution is 7.25. The number of hydrogen-bond acceptors (Lipinski definition) is 5. The minimum absolute atomic E-state index is 0.643. The lowest BCUT2D eigenvalue weighted by Gasteiger charge is -2.10. The lowest BCUT2D eigenvalue weighted by atomic mass is 9.95. The number of rotatable bonds is 6. The zero-order chi connectivity index (χ0) is 37.0. The number of aromatic nitrogens is 3. The van der Waals surface area contributed by atoms with Crippen molar-refractivity contribution >= 4 is 53.4 Å². The van der Waals surface area contributed by atoms with Gasteiger partial charge in [0.05, 0.1) is 0 Å². The molecule has 11 aromatic rings. The number of hydrogen-bond donors (Lipinski definition) is 0. The molecule has 4 nitrogen and oxygen atoms in total. The van der Waals surface area contributed by atoms with E-state index in [1.165, 1.54) is 20.2 Å². The van der Waals surface area contributed by atoms with Gasteiger partial charge < -0.3 is 4.42 Å². The van der Waals surface area contributed by atoms with E-state index in [2.05, 4.69) is 140 Å². The molecule has 56 heavy (non-hydrogen) atoms. The van der Waals surface area contributed by atoms with Crippen molar-refractivity contribution in [3.05, 3.63) is 188 Å². The van der Waals surface area contributed by atoms with Crippen LogP contribution in [0.3, 0.4) is 0 Å². The van der Waals surface area contributed by atoms with Crippen LogP contribution in [0.4, 0.5) is 0 Å². The Morgan fingerprint density at radius 1 is 0.321 bits per heavy atom. The molecular weight excluding hydrogens is 703 g/mol. The predicted molar refractivity (Wildman–Crippen MR) is 233 cm³/mol. The van der Waals surface area contributed by atoms with Crippen molar-refractivity contribution in [1.29, 1.82) is 0 Å². The average Bonchev–Trinajstić information content (AvgIpc) is 3.84. The second-order valence-electron chi connectivity index (χ2n) is 14.0. The van der Waals surface area contributed by atoms with Crippen LogP contribution in [0.2, 0.25) is 0 Å². The van der Waals surface area contributed by atoms with Crippen LogP contribution in [0.1, 0.15) is 0 Å². The van der Waals surface area contributed by atoms with Gasteiger partial charge in [0.25, 0.3) is 0 Å². The van der Waals surface area contributed by atoms with Gasteiger partial charge in [-0.3, -0.25) is 0 Å². The smallest absolute Gasteiger partial charge is 0.164 e. The summed E-state index contributed by atoms with van der Waals surface area (Å²) in [7, 11) is 0. The Morgan fingerprint density at radius 3 is 1.66 bits per heavy atom. The Hall–Kier alpha value is -7.21. The third kappa shape index (κ3) is 5.65. The molecule has 0 bridgehead atoms. The Balaban J connectivity index is 1.03. The van der Waals surface area contributed by atoms with Crippen LogP contribution in [-0.2, 0) is 0 Å². The highest BCUT2D eigenvalue weighted by Gasteiger charge is 2.18. The summed E-state index contributed by atoms with van der Waals surface area (Å²) in [6.07, 6.45) is 0. The summed E-state index contributed by atoms with van der Waals surface area (Å²) in [6.45, 7) is 0. The topological polar surface area (TPSA) is 51.8 Å². The van der Waals surface area contributed by atoms with Crippen molar-refractivity contribution in [2.75, 3.05) is 0 Å². The van der Waals surface area contributed by atoms with E-state index in [1.54, 1.807) is 11.3 Å². The molecule has 0 saturated carbocycles. The summed E-state index contributed by atoms with van der Waals surface area (Å²) < 4.78 is 8.89. The summed E-state index contributed by atoms with van der Waals surface area (Å²) in [4.78, 5) is 15.1. The first-order chi connectivity index (χ1) is 27.7. The summed E-state index contributed by atoms with van der Waals surface area (Å²) in [5.74, 6) is 1.94. The van der Waals surface area contributed by atoms with Crippen LogP contribution in [0, 0.1) is 0 Å². The Labute approximate surface area is 327 Å². The molecule has 0 unspecified atom stereocenters. The average molecular weight is 734 g/mol. The second kappa shape index (κ2) is 13.3. The van der Waals surface area contributed by atoms with Gasteiger partial charge in [0.2, 0.25) is 0 Å². The predicted octanol–water partition coefficient (Wildman–Crippen LogP) is 14.1. The minimum atomic E-state index is 0.643. The van der Waals surface area contributed by atoms with Gasteiger partial charge in [-0.25, -0.2) is 15.0 Å². The van der Waals surface area contributed by atoms with E-state index >= 15 is 0 Å². The highest BCUT2D eigenvalue weighted by atomic mass is 32.1. The molecule has 8 aromatic carbocycles. The molecule has 0 radical (unpaired) electrons. The molecule has 3 heterocycles. The van der Waals surface area contributed by atoms with Gasteiger partial charge in [-0.2, -0.15) is 0 Å². The van der Waals surface area contributed by atoms with Crippen LogP contribution >= 0.6 is 11.3 Å². The van der Waals surface area contributed by atoms with Gasteiger partial charge in [0, 0.05) is 53.2 Å². The van der Waals surface area contributed by atoms with Crippen molar-refractivity contribution in [3.8, 4) is 67.5 Å². The highest BCUT2D eigenvalue weighted by Crippen LogP contribution is 2.42. The maximum atomic E-state index is 6.47. The standard InChI is InChI=1S/C51H31N3OS/c1-4-13-32(14-5-1)35-19-12-20-37(27-35)50-52-49(34-17-8-3-9-18-34)53-51(54-50)38-23-25-41-43-28-36(24-26-46(43)56-47(41)31-38)39-29-42(33-15-6-2-7-16-33)48-44(30-39)40-21-10-11-22-45(40)55-48/h1-31H. The number of thiophene rings is 1. The largest absolute Gasteiger partial charge is 0.455 e. The molecule has 0 aliphatic carbocycles. The Bertz CT molecular complexity index is 3240. The zero-order valence-corrected chi connectivity index (χ0v) is 30.9. The minimum Gasteiger partial charge on any atom is -0.455 e. The molecular formula is C51H31N3OS. The van der Waals surface area contributed by atoms with E-state index in [-0.39, 0.29) is 0 Å². The van der Waals surface area contributed by atoms with Gasteiger partial charge in [0.1, 0.15) is 11.2 Å². The van der Waals surface area contributed by atoms with Crippen molar-refractivity contribution in [1.82, 2.24) is 15.0 Å². The third-order valence-electron chi connectivity index (χ3n) is 10.5. The molecule has 0 N–H and O–H groups in total. The molecule has 262 valence electrons. The first-order valence-electron chi connectivity index (χ1n) is 18.7. The molecule has 3 aromatic heterocycles. The summed E-state index contributed by atoms with van der Waals surface area (Å²) in [5.41, 5.74) is 11.5. The molecule has 0 fully saturated rings. The number of para-hydroxylation sites is 1. The maximum Gasteiger partial charge on any atom is 0.164 e. The molecule has 0 aliphatic heterocycles. The quantitative estimate of drug-likeness (QED) is 0.171. The van der Waals surface area contributed by atoms with Gasteiger partial charge >= 0.3 is 0 Å². The van der Waals surface area contributed by atoms with Crippen LogP contribution in [0.15, 0.2) is 192 Å². The van der Waals surface area contributed by atoms with Gasteiger partial charge in [-0.1, -0.05) is 146 Å². The summed E-state index contributed by atoms with van der Waals surface area (Å²) >= 11 is 1.79. The van der Waals surface area contributed by atoms with E-state index in [0.29, 0.717) is 17.5 Å². The molecule has 5 heteroatoms. The van der Waals surface area contributed by atoms with Crippen molar-refractivity contribution in [2.24, 2.45) is 0 Å². The first-order valence-corrected chi connectivity index (χ1v) is 19.5. The van der Waals surface area contributed by atoms with E-state index in [9.17, 15) is 0 Å². The number of benzene rings is 8. The summed E-state index contributed by atoms with van der Waals surface area (Å²) in [6, 6.07) is 65.8. The monoisotopic (exact) mass is 733 g/mol. The molecule has 0 spiro atoms. The SMILES string of the molecule is c1ccc(-c2cccc(-c3nc(-c4ccccc4)nc(-c4ccc5c(c4)sc4ccc(-c6cc(-c7ccccc7)c7oc8ccccc8c7c6)cc45)n3)c2)cc1. The molecule has 11 rings (SSSR count). The van der Waals surface area contributed by atoms with E-state index in [1.807, 2.05) is 48.5 Å². The van der Waals surface area contributed by atoms with Crippen molar-refractivity contribution < 1.29 is 4.42 Å². The summed E-state index contributed by atoms with van der Waals surface area (Å²) in [5, 5.41) is 4.68. The zero-order valence-electron chi connectivity index (χ0n) is 30.1. The Kier molecular flexibility index (Phi) is 7.64. The number of furan rings is 1. The molecule has 0 atom stereocenters. The van der Waals surface area contributed by atoms with E-state index < -0.39 is 0 Å². The lowest BCUT2D eigenvalue weighted by molar-refractivity contribution is 0.670. The fraction of sp³-hybridized carbons (Fsp3) is 0. The van der Waals surface area contributed by atoms with Crippen molar-refractivity contribution in [3.63, 3.8) is 0 Å². The van der Waals surface area contributed by atoms with Crippen molar-refractivity contribution in [2.45, 2.75) is 0 Å². The fourth-order valence-corrected chi connectivity index (χ4v) is 8.87. The number of nitrogens with zero attached hydrogens (tertiary/aromatic N) is 3. The van der Waals surface area contributed by atoms with Crippen LogP contribution < -0.4 is 0 Å².